The van der Waals surface area contributed by atoms with Gasteiger partial charge in [0.05, 0.1) is 0 Å². The lowest BCUT2D eigenvalue weighted by Crippen LogP contribution is -2.50. The van der Waals surface area contributed by atoms with Crippen LogP contribution in [0.3, 0.4) is 0 Å². The van der Waals surface area contributed by atoms with Crippen LogP contribution >= 0.6 is 0 Å². The van der Waals surface area contributed by atoms with E-state index in [-0.39, 0.29) is 22.6 Å². The Hall–Kier alpha value is -2.56. The van der Waals surface area contributed by atoms with Gasteiger partial charge in [0.1, 0.15) is 11.5 Å². The number of rotatable bonds is 5. The average Bonchev–Trinajstić information content (AvgIpc) is 2.93. The van der Waals surface area contributed by atoms with Crippen LogP contribution in [0.15, 0.2) is 42.6 Å². The Morgan fingerprint density at radius 1 is 1.07 bits per heavy atom. The van der Waals surface area contributed by atoms with Gasteiger partial charge in [-0.3, -0.25) is 19.6 Å². The molecule has 1 amide bonds. The summed E-state index contributed by atoms with van der Waals surface area (Å²) in [6, 6.07) is 11.2. The van der Waals surface area contributed by atoms with E-state index < -0.39 is 0 Å². The minimum atomic E-state index is -0.318. The van der Waals surface area contributed by atoms with E-state index in [9.17, 15) is 9.59 Å². The first-order valence-electron chi connectivity index (χ1n) is 9.70. The summed E-state index contributed by atoms with van der Waals surface area (Å²) in [4.78, 5) is 34.5. The Kier molecular flexibility index (Phi) is 4.54. The van der Waals surface area contributed by atoms with Gasteiger partial charge in [-0.25, -0.2) is 0 Å². The summed E-state index contributed by atoms with van der Waals surface area (Å²) >= 11 is 0. The molecule has 0 saturated heterocycles. The molecule has 2 aromatic heterocycles. The van der Waals surface area contributed by atoms with Crippen molar-refractivity contribution in [1.29, 1.82) is 0 Å². The first-order valence-corrected chi connectivity index (χ1v) is 9.70. The van der Waals surface area contributed by atoms with Gasteiger partial charge in [0.15, 0.2) is 0 Å². The normalized spacial score (nSPS) is 26.6. The molecule has 2 saturated carbocycles. The first kappa shape index (κ1) is 17.8. The number of fused-ring (bicyclic) bond motifs is 2. The summed E-state index contributed by atoms with van der Waals surface area (Å²) in [7, 11) is 0. The van der Waals surface area contributed by atoms with E-state index in [0.29, 0.717) is 12.1 Å². The van der Waals surface area contributed by atoms with E-state index >= 15 is 0 Å². The molecule has 0 aromatic carbocycles. The van der Waals surface area contributed by atoms with Crippen LogP contribution in [0.25, 0.3) is 0 Å². The van der Waals surface area contributed by atoms with E-state index in [0.717, 1.165) is 49.9 Å². The fourth-order valence-electron chi connectivity index (χ4n) is 4.89. The van der Waals surface area contributed by atoms with Gasteiger partial charge < -0.3 is 5.32 Å². The maximum atomic E-state index is 13.2. The maximum absolute atomic E-state index is 13.2. The molecule has 4 rings (SSSR count). The van der Waals surface area contributed by atoms with Gasteiger partial charge in [0, 0.05) is 35.0 Å². The van der Waals surface area contributed by atoms with Crippen LogP contribution in [0.2, 0.25) is 0 Å². The Balaban J connectivity index is 1.49. The number of pyridine rings is 2. The first-order chi connectivity index (χ1) is 13.0. The largest absolute Gasteiger partial charge is 0.345 e. The van der Waals surface area contributed by atoms with Gasteiger partial charge in [0.2, 0.25) is 0 Å². The Morgan fingerprint density at radius 2 is 1.96 bits per heavy atom. The second-order valence-electron chi connectivity index (χ2n) is 8.13. The minimum absolute atomic E-state index is 0.138. The van der Waals surface area contributed by atoms with Gasteiger partial charge >= 0.3 is 0 Å². The number of nitrogens with zero attached hydrogens (tertiary/aromatic N) is 2. The smallest absolute Gasteiger partial charge is 0.270 e. The second kappa shape index (κ2) is 6.87. The highest BCUT2D eigenvalue weighted by Gasteiger charge is 2.54. The fourth-order valence-corrected chi connectivity index (χ4v) is 4.89. The van der Waals surface area contributed by atoms with Gasteiger partial charge in [-0.2, -0.15) is 0 Å². The number of hydrogen-bond donors (Lipinski definition) is 1. The monoisotopic (exact) mass is 363 g/mol. The zero-order valence-corrected chi connectivity index (χ0v) is 15.7. The molecule has 2 aromatic rings. The van der Waals surface area contributed by atoms with E-state index in [2.05, 4.69) is 15.3 Å². The number of aromatic nitrogens is 2. The molecule has 0 spiro atoms. The van der Waals surface area contributed by atoms with Crippen LogP contribution in [0.4, 0.5) is 0 Å². The van der Waals surface area contributed by atoms with Crippen molar-refractivity contribution in [3.05, 3.63) is 59.7 Å². The molecule has 0 radical (unpaired) electrons. The van der Waals surface area contributed by atoms with Crippen molar-refractivity contribution in [2.75, 3.05) is 0 Å². The van der Waals surface area contributed by atoms with Gasteiger partial charge in [-0.1, -0.05) is 18.6 Å². The van der Waals surface area contributed by atoms with E-state index in [1.54, 1.807) is 18.3 Å². The summed E-state index contributed by atoms with van der Waals surface area (Å²) in [5, 5.41) is 3.22. The fraction of sp³-hybridized carbons (Fsp3) is 0.455. The van der Waals surface area contributed by atoms with Crippen LogP contribution in [-0.4, -0.2) is 27.2 Å². The number of Topliss-reactive ketones (excluding diaryl/α,β-unsaturated/α-hetero) is 1. The summed E-state index contributed by atoms with van der Waals surface area (Å²) in [6.45, 7) is 1.95. The van der Waals surface area contributed by atoms with Crippen molar-refractivity contribution >= 4 is 11.7 Å². The van der Waals surface area contributed by atoms with Crippen LogP contribution in [0, 0.1) is 12.3 Å². The molecule has 2 atom stereocenters. The van der Waals surface area contributed by atoms with Gasteiger partial charge in [-0.05, 0) is 63.3 Å². The van der Waals surface area contributed by atoms with Crippen molar-refractivity contribution in [1.82, 2.24) is 15.3 Å². The number of carbonyl (C=O) groups excluding carboxylic acids is 2. The topological polar surface area (TPSA) is 72.0 Å². The highest BCUT2D eigenvalue weighted by Crippen LogP contribution is 2.54. The number of carbonyl (C=O) groups is 2. The Bertz CT molecular complexity index is 867. The molecule has 140 valence electrons. The van der Waals surface area contributed by atoms with Crippen molar-refractivity contribution < 1.29 is 9.59 Å². The van der Waals surface area contributed by atoms with Crippen LogP contribution in [0.5, 0.6) is 0 Å². The van der Waals surface area contributed by atoms with E-state index in [1.807, 2.05) is 31.2 Å². The SMILES string of the molecule is Cc1cccc(CC(=O)C23CCCC(NC(=O)c4ccccn4)(CC2)C3)n1. The third-order valence-corrected chi connectivity index (χ3v) is 6.22. The summed E-state index contributed by atoms with van der Waals surface area (Å²) in [5.41, 5.74) is 1.62. The predicted octanol–water partition coefficient (Wildman–Crippen LogP) is 3.42. The molecule has 5 nitrogen and oxygen atoms in total. The molecule has 2 fully saturated rings. The molecule has 2 heterocycles. The Morgan fingerprint density at radius 3 is 2.74 bits per heavy atom. The van der Waals surface area contributed by atoms with Crippen LogP contribution in [0.1, 0.15) is 60.4 Å². The molecule has 2 unspecified atom stereocenters. The third-order valence-electron chi connectivity index (χ3n) is 6.22. The molecule has 5 heteroatoms. The summed E-state index contributed by atoms with van der Waals surface area (Å²) in [6.07, 6.45) is 7.27. The van der Waals surface area contributed by atoms with Gasteiger partial charge in [0.25, 0.3) is 5.91 Å². The third kappa shape index (κ3) is 3.51. The number of ketones is 1. The van der Waals surface area contributed by atoms with Crippen LogP contribution in [-0.2, 0) is 11.2 Å². The molecular formula is C22H25N3O2. The summed E-state index contributed by atoms with van der Waals surface area (Å²) < 4.78 is 0. The standard InChI is InChI=1S/C22H25N3O2/c1-16-6-4-7-17(24-16)14-19(26)21-9-5-10-22(15-21,12-11-21)25-20(27)18-8-2-3-13-23-18/h2-4,6-8,13H,5,9-12,14-15H2,1H3,(H,25,27). The van der Waals surface area contributed by atoms with Crippen LogP contribution < -0.4 is 5.32 Å². The molecule has 2 bridgehead atoms. The number of aryl methyl sites for hydroxylation is 1. The zero-order chi connectivity index (χ0) is 18.9. The molecule has 2 aliphatic rings. The highest BCUT2D eigenvalue weighted by atomic mass is 16.2. The maximum Gasteiger partial charge on any atom is 0.270 e. The number of amides is 1. The van der Waals surface area contributed by atoms with Gasteiger partial charge in [-0.15, -0.1) is 0 Å². The Labute approximate surface area is 159 Å². The van der Waals surface area contributed by atoms with E-state index in [1.165, 1.54) is 0 Å². The number of nitrogens with one attached hydrogen (secondary N) is 1. The van der Waals surface area contributed by atoms with Crippen molar-refractivity contribution in [2.45, 2.75) is 57.4 Å². The summed E-state index contributed by atoms with van der Waals surface area (Å²) in [5.74, 6) is 0.135. The molecule has 1 N–H and O–H groups in total. The lowest BCUT2D eigenvalue weighted by molar-refractivity contribution is -0.129. The molecule has 2 aliphatic carbocycles. The average molecular weight is 363 g/mol. The van der Waals surface area contributed by atoms with E-state index in [4.69, 9.17) is 0 Å². The minimum Gasteiger partial charge on any atom is -0.345 e. The quantitative estimate of drug-likeness (QED) is 0.883. The van der Waals surface area contributed by atoms with Crippen molar-refractivity contribution in [3.8, 4) is 0 Å². The van der Waals surface area contributed by atoms with Crippen molar-refractivity contribution in [2.24, 2.45) is 5.41 Å². The molecule has 27 heavy (non-hydrogen) atoms. The molecular weight excluding hydrogens is 338 g/mol. The zero-order valence-electron chi connectivity index (χ0n) is 15.7. The van der Waals surface area contributed by atoms with Crippen molar-refractivity contribution in [3.63, 3.8) is 0 Å². The number of hydrogen-bond acceptors (Lipinski definition) is 4. The highest BCUT2D eigenvalue weighted by molar-refractivity contribution is 5.93. The predicted molar refractivity (Wildman–Crippen MR) is 102 cm³/mol. The molecule has 0 aliphatic heterocycles. The lowest BCUT2D eigenvalue weighted by Gasteiger charge is -2.39. The lowest BCUT2D eigenvalue weighted by atomic mass is 9.69. The second-order valence-corrected chi connectivity index (χ2v) is 8.13.